The predicted molar refractivity (Wildman–Crippen MR) is 68.0 cm³/mol. The van der Waals surface area contributed by atoms with Crippen molar-refractivity contribution >= 4 is 17.3 Å². The normalized spacial score (nSPS) is 13.5. The highest BCUT2D eigenvalue weighted by Gasteiger charge is 2.31. The first-order valence-corrected chi connectivity index (χ1v) is 5.99. The molecule has 0 aromatic heterocycles. The summed E-state index contributed by atoms with van der Waals surface area (Å²) in [6, 6.07) is 4.69. The summed E-state index contributed by atoms with van der Waals surface area (Å²) in [7, 11) is 0. The largest absolute Gasteiger partial charge is 0.405 e. The molecule has 1 aromatic carbocycles. The Balaban J connectivity index is 3.00. The zero-order valence-electron chi connectivity index (χ0n) is 10.3. The van der Waals surface area contributed by atoms with Gasteiger partial charge in [0.05, 0.1) is 10.7 Å². The summed E-state index contributed by atoms with van der Waals surface area (Å²) >= 11 is 6.01. The van der Waals surface area contributed by atoms with E-state index in [-0.39, 0.29) is 17.6 Å². The van der Waals surface area contributed by atoms with Crippen LogP contribution in [0.5, 0.6) is 0 Å². The molecule has 1 rings (SSSR count). The molecule has 2 nitrogen and oxygen atoms in total. The lowest BCUT2D eigenvalue weighted by Crippen LogP contribution is -2.34. The molecule has 6 heteroatoms. The zero-order chi connectivity index (χ0) is 13.9. The highest BCUT2D eigenvalue weighted by atomic mass is 35.5. The molecule has 0 aliphatic carbocycles. The molecule has 0 amide bonds. The number of benzene rings is 1. The smallest absolute Gasteiger partial charge is 0.362 e. The zero-order valence-corrected chi connectivity index (χ0v) is 11.0. The third kappa shape index (κ3) is 4.07. The highest BCUT2D eigenvalue weighted by Crippen LogP contribution is 2.30. The fourth-order valence-electron chi connectivity index (χ4n) is 1.65. The van der Waals surface area contributed by atoms with Crippen molar-refractivity contribution in [1.82, 2.24) is 0 Å². The van der Waals surface area contributed by atoms with Gasteiger partial charge in [-0.3, -0.25) is 0 Å². The molecule has 0 saturated heterocycles. The summed E-state index contributed by atoms with van der Waals surface area (Å²) in [6.07, 6.45) is -4.25. The van der Waals surface area contributed by atoms with E-state index in [1.807, 2.05) is 0 Å². The Hall–Kier alpha value is -0.940. The molecule has 1 atom stereocenters. The predicted octanol–water partition coefficient (Wildman–Crippen LogP) is 3.75. The van der Waals surface area contributed by atoms with Gasteiger partial charge < -0.3 is 10.6 Å². The summed E-state index contributed by atoms with van der Waals surface area (Å²) in [5, 5.41) is 0.288. The third-order valence-corrected chi connectivity index (χ3v) is 2.89. The van der Waals surface area contributed by atoms with Crippen molar-refractivity contribution in [2.45, 2.75) is 26.1 Å². The van der Waals surface area contributed by atoms with Crippen molar-refractivity contribution in [3.05, 3.63) is 28.8 Å². The quantitative estimate of drug-likeness (QED) is 0.910. The molecule has 18 heavy (non-hydrogen) atoms. The molecule has 1 aromatic rings. The second kappa shape index (κ2) is 5.80. The van der Waals surface area contributed by atoms with E-state index in [2.05, 4.69) is 0 Å². The van der Waals surface area contributed by atoms with Gasteiger partial charge in [-0.05, 0) is 31.5 Å². The molecule has 2 N–H and O–H groups in total. The molecule has 0 heterocycles. The maximum atomic E-state index is 12.4. The van der Waals surface area contributed by atoms with Gasteiger partial charge in [-0.25, -0.2) is 0 Å². The summed E-state index contributed by atoms with van der Waals surface area (Å²) in [5.74, 6) is 0. The van der Waals surface area contributed by atoms with Gasteiger partial charge in [0.2, 0.25) is 0 Å². The van der Waals surface area contributed by atoms with Crippen LogP contribution in [0.1, 0.15) is 25.5 Å². The van der Waals surface area contributed by atoms with Crippen LogP contribution in [0.4, 0.5) is 18.9 Å². The second-order valence-electron chi connectivity index (χ2n) is 4.13. The first-order valence-electron chi connectivity index (χ1n) is 5.61. The number of nitrogens with zero attached hydrogens (tertiary/aromatic N) is 1. The van der Waals surface area contributed by atoms with E-state index in [9.17, 15) is 13.2 Å². The topological polar surface area (TPSA) is 29.3 Å². The van der Waals surface area contributed by atoms with Crippen molar-refractivity contribution in [1.29, 1.82) is 0 Å². The van der Waals surface area contributed by atoms with E-state index < -0.39 is 12.7 Å². The number of alkyl halides is 3. The molecule has 0 unspecified atom stereocenters. The van der Waals surface area contributed by atoms with Crippen molar-refractivity contribution in [2.24, 2.45) is 5.73 Å². The molecule has 0 bridgehead atoms. The van der Waals surface area contributed by atoms with Gasteiger partial charge in [0.15, 0.2) is 0 Å². The van der Waals surface area contributed by atoms with Gasteiger partial charge in [-0.15, -0.1) is 0 Å². The molecule has 0 radical (unpaired) electrons. The van der Waals surface area contributed by atoms with Crippen molar-refractivity contribution in [3.8, 4) is 0 Å². The molecule has 0 fully saturated rings. The van der Waals surface area contributed by atoms with Crippen LogP contribution in [0, 0.1) is 0 Å². The van der Waals surface area contributed by atoms with E-state index >= 15 is 0 Å². The molecule has 0 spiro atoms. The van der Waals surface area contributed by atoms with Crippen molar-refractivity contribution in [2.75, 3.05) is 18.0 Å². The van der Waals surface area contributed by atoms with Gasteiger partial charge >= 0.3 is 6.18 Å². The summed E-state index contributed by atoms with van der Waals surface area (Å²) < 4.78 is 37.2. The van der Waals surface area contributed by atoms with E-state index in [4.69, 9.17) is 17.3 Å². The summed E-state index contributed by atoms with van der Waals surface area (Å²) in [5.41, 5.74) is 6.86. The van der Waals surface area contributed by atoms with Crippen molar-refractivity contribution in [3.63, 3.8) is 0 Å². The Kier molecular flexibility index (Phi) is 4.87. The van der Waals surface area contributed by atoms with Crippen LogP contribution < -0.4 is 10.6 Å². The minimum atomic E-state index is -4.25. The molecule has 102 valence electrons. The van der Waals surface area contributed by atoms with Gasteiger partial charge in [0.25, 0.3) is 0 Å². The lowest BCUT2D eigenvalue weighted by Gasteiger charge is -2.25. The first-order chi connectivity index (χ1) is 8.24. The monoisotopic (exact) mass is 280 g/mol. The number of rotatable bonds is 4. The molecule has 0 aliphatic heterocycles. The van der Waals surface area contributed by atoms with Crippen molar-refractivity contribution < 1.29 is 13.2 Å². The van der Waals surface area contributed by atoms with E-state index in [1.165, 1.54) is 4.90 Å². The molecular weight excluding hydrogens is 265 g/mol. The third-order valence-electron chi connectivity index (χ3n) is 2.59. The summed E-state index contributed by atoms with van der Waals surface area (Å²) in [4.78, 5) is 1.19. The standard InChI is InChI=1S/C12H16ClF3N2/c1-3-18(7-12(14,15)16)11-5-4-9(8(2)17)6-10(11)13/h4-6,8H,3,7,17H2,1-2H3/t8-/m1/s1. The Morgan fingerprint density at radius 2 is 2.00 bits per heavy atom. The van der Waals surface area contributed by atoms with Gasteiger partial charge in [-0.1, -0.05) is 17.7 Å². The number of hydrogen-bond acceptors (Lipinski definition) is 2. The maximum absolute atomic E-state index is 12.4. The maximum Gasteiger partial charge on any atom is 0.405 e. The van der Waals surface area contributed by atoms with E-state index in [1.54, 1.807) is 32.0 Å². The minimum Gasteiger partial charge on any atom is -0.362 e. The Bertz CT molecular complexity index is 405. The van der Waals surface area contributed by atoms with Gasteiger partial charge in [0, 0.05) is 12.6 Å². The van der Waals surface area contributed by atoms with Crippen LogP contribution in [0.2, 0.25) is 5.02 Å². The average Bonchev–Trinajstić information content (AvgIpc) is 2.24. The van der Waals surface area contributed by atoms with Crippen LogP contribution in [-0.4, -0.2) is 19.3 Å². The average molecular weight is 281 g/mol. The van der Waals surface area contributed by atoms with Crippen LogP contribution >= 0.6 is 11.6 Å². The lowest BCUT2D eigenvalue weighted by molar-refractivity contribution is -0.119. The Morgan fingerprint density at radius 1 is 1.39 bits per heavy atom. The van der Waals surface area contributed by atoms with Crippen LogP contribution in [0.3, 0.4) is 0 Å². The Morgan fingerprint density at radius 3 is 2.39 bits per heavy atom. The minimum absolute atomic E-state index is 0.200. The SMILES string of the molecule is CCN(CC(F)(F)F)c1ccc([C@@H](C)N)cc1Cl. The molecule has 0 saturated carbocycles. The van der Waals surface area contributed by atoms with Crippen LogP contribution in [0.25, 0.3) is 0 Å². The molecule has 0 aliphatic rings. The van der Waals surface area contributed by atoms with Gasteiger partial charge in [0.1, 0.15) is 6.54 Å². The van der Waals surface area contributed by atoms with E-state index in [0.717, 1.165) is 5.56 Å². The molecular formula is C12H16ClF3N2. The number of nitrogens with two attached hydrogens (primary N) is 1. The lowest BCUT2D eigenvalue weighted by atomic mass is 10.1. The second-order valence-corrected chi connectivity index (χ2v) is 4.54. The number of hydrogen-bond donors (Lipinski definition) is 1. The fraction of sp³-hybridized carbons (Fsp3) is 0.500. The number of anilines is 1. The van der Waals surface area contributed by atoms with Crippen LogP contribution in [0.15, 0.2) is 18.2 Å². The van der Waals surface area contributed by atoms with Gasteiger partial charge in [-0.2, -0.15) is 13.2 Å². The van der Waals surface area contributed by atoms with E-state index in [0.29, 0.717) is 5.69 Å². The fourth-order valence-corrected chi connectivity index (χ4v) is 1.96. The highest BCUT2D eigenvalue weighted by molar-refractivity contribution is 6.33. The summed E-state index contributed by atoms with van der Waals surface area (Å²) in [6.45, 7) is 2.66. The Labute approximate surface area is 110 Å². The number of halogens is 4. The van der Waals surface area contributed by atoms with Crippen LogP contribution in [-0.2, 0) is 0 Å². The first kappa shape index (κ1) is 15.1.